The van der Waals surface area contributed by atoms with Crippen molar-refractivity contribution in [2.75, 3.05) is 0 Å². The van der Waals surface area contributed by atoms with Crippen LogP contribution in [0.5, 0.6) is 0 Å². The van der Waals surface area contributed by atoms with Gasteiger partial charge in [-0.3, -0.25) is 0 Å². The van der Waals surface area contributed by atoms with Gasteiger partial charge >= 0.3 is 0 Å². The summed E-state index contributed by atoms with van der Waals surface area (Å²) in [7, 11) is 0. The first-order chi connectivity index (χ1) is 5.00. The Labute approximate surface area is 73.0 Å². The van der Waals surface area contributed by atoms with Crippen molar-refractivity contribution in [1.29, 1.82) is 0 Å². The van der Waals surface area contributed by atoms with Crippen molar-refractivity contribution in [3.05, 3.63) is 12.4 Å². The summed E-state index contributed by atoms with van der Waals surface area (Å²) in [4.78, 5) is 0. The Bertz CT molecular complexity index is 175. The number of rotatable bonds is 3. The molecule has 0 saturated carbocycles. The number of nitrogens with zero attached hydrogens (tertiary/aromatic N) is 1. The summed E-state index contributed by atoms with van der Waals surface area (Å²) < 4.78 is 16.1. The van der Waals surface area contributed by atoms with Crippen LogP contribution in [0, 0.1) is 11.8 Å². The molecule has 0 radical (unpaired) electrons. The predicted octanol–water partition coefficient (Wildman–Crippen LogP) is 3.05. The van der Waals surface area contributed by atoms with E-state index >= 15 is 0 Å². The average molecular weight is 175 g/mol. The minimum Gasteiger partial charge on any atom is -0.221 e. The van der Waals surface area contributed by atoms with Crippen molar-refractivity contribution in [2.45, 2.75) is 20.8 Å². The molecule has 1 unspecified atom stereocenters. The van der Waals surface area contributed by atoms with Crippen LogP contribution < -0.4 is 0 Å². The SMILES string of the molecule is C=C(F)C(=NS)C(C)C(C)C. The summed E-state index contributed by atoms with van der Waals surface area (Å²) in [6.07, 6.45) is 0. The zero-order valence-electron chi connectivity index (χ0n) is 7.13. The highest BCUT2D eigenvalue weighted by Crippen LogP contribution is 2.17. The average Bonchev–Trinajstić information content (AvgIpc) is 1.88. The lowest BCUT2D eigenvalue weighted by Crippen LogP contribution is -2.16. The van der Waals surface area contributed by atoms with E-state index in [1.54, 1.807) is 0 Å². The monoisotopic (exact) mass is 175 g/mol. The van der Waals surface area contributed by atoms with Crippen molar-refractivity contribution in [2.24, 2.45) is 16.2 Å². The maximum atomic E-state index is 12.6. The Balaban J connectivity index is 4.41. The van der Waals surface area contributed by atoms with Gasteiger partial charge in [0, 0.05) is 5.92 Å². The molecule has 0 aromatic rings. The van der Waals surface area contributed by atoms with Gasteiger partial charge in [-0.1, -0.05) is 27.4 Å². The second-order valence-corrected chi connectivity index (χ2v) is 3.12. The molecule has 0 amide bonds. The van der Waals surface area contributed by atoms with Crippen molar-refractivity contribution >= 4 is 18.5 Å². The molecule has 0 rings (SSSR count). The molecule has 0 bridgehead atoms. The maximum absolute atomic E-state index is 12.6. The Morgan fingerprint density at radius 3 is 2.00 bits per heavy atom. The van der Waals surface area contributed by atoms with Gasteiger partial charge in [-0.15, -0.1) is 0 Å². The smallest absolute Gasteiger partial charge is 0.138 e. The van der Waals surface area contributed by atoms with Crippen molar-refractivity contribution < 1.29 is 4.39 Å². The first-order valence-electron chi connectivity index (χ1n) is 3.57. The summed E-state index contributed by atoms with van der Waals surface area (Å²) in [6.45, 7) is 9.10. The zero-order valence-corrected chi connectivity index (χ0v) is 8.03. The molecule has 64 valence electrons. The van der Waals surface area contributed by atoms with Crippen LogP contribution in [0.1, 0.15) is 20.8 Å². The van der Waals surface area contributed by atoms with Gasteiger partial charge in [-0.05, 0) is 18.7 Å². The highest BCUT2D eigenvalue weighted by molar-refractivity contribution is 7.79. The maximum Gasteiger partial charge on any atom is 0.138 e. The van der Waals surface area contributed by atoms with E-state index in [1.807, 2.05) is 20.8 Å². The lowest BCUT2D eigenvalue weighted by atomic mass is 9.93. The largest absolute Gasteiger partial charge is 0.221 e. The van der Waals surface area contributed by atoms with Crippen LogP contribution in [0.15, 0.2) is 16.8 Å². The number of hydrogen-bond donors (Lipinski definition) is 1. The molecule has 0 aromatic heterocycles. The van der Waals surface area contributed by atoms with E-state index < -0.39 is 5.83 Å². The van der Waals surface area contributed by atoms with E-state index in [0.29, 0.717) is 11.6 Å². The Kier molecular flexibility index (Phi) is 4.42. The van der Waals surface area contributed by atoms with Crippen molar-refractivity contribution in [3.63, 3.8) is 0 Å². The van der Waals surface area contributed by atoms with Crippen molar-refractivity contribution in [3.8, 4) is 0 Å². The van der Waals surface area contributed by atoms with Gasteiger partial charge in [0.2, 0.25) is 0 Å². The molecule has 0 aliphatic heterocycles. The van der Waals surface area contributed by atoms with E-state index in [-0.39, 0.29) is 5.92 Å². The summed E-state index contributed by atoms with van der Waals surface area (Å²) in [5, 5.41) is 0. The molecule has 0 aliphatic carbocycles. The molecule has 0 saturated heterocycles. The Morgan fingerprint density at radius 1 is 1.45 bits per heavy atom. The molecular weight excluding hydrogens is 161 g/mol. The van der Waals surface area contributed by atoms with Gasteiger partial charge < -0.3 is 0 Å². The second kappa shape index (κ2) is 4.54. The minimum absolute atomic E-state index is 0.0741. The standard InChI is InChI=1S/C8H14FNS/c1-5(2)6(3)8(10-11)7(4)9/h5-6,11H,4H2,1-3H3. The van der Waals surface area contributed by atoms with Gasteiger partial charge in [-0.2, -0.15) is 0 Å². The normalized spacial score (nSPS) is 15.3. The fourth-order valence-electron chi connectivity index (χ4n) is 0.708. The molecule has 1 atom stereocenters. The van der Waals surface area contributed by atoms with E-state index in [4.69, 9.17) is 0 Å². The van der Waals surface area contributed by atoms with E-state index in [0.717, 1.165) is 0 Å². The molecule has 0 aromatic carbocycles. The number of allylic oxidation sites excluding steroid dienone is 1. The van der Waals surface area contributed by atoms with Crippen LogP contribution in [-0.2, 0) is 0 Å². The minimum atomic E-state index is -0.485. The molecule has 0 fully saturated rings. The molecule has 11 heavy (non-hydrogen) atoms. The van der Waals surface area contributed by atoms with Crippen LogP contribution >= 0.6 is 12.8 Å². The van der Waals surface area contributed by atoms with E-state index in [9.17, 15) is 4.39 Å². The first kappa shape index (κ1) is 10.7. The van der Waals surface area contributed by atoms with Crippen LogP contribution in [0.2, 0.25) is 0 Å². The number of thiol groups is 1. The predicted molar refractivity (Wildman–Crippen MR) is 50.7 cm³/mol. The third kappa shape index (κ3) is 3.06. The topological polar surface area (TPSA) is 12.4 Å². The summed E-state index contributed by atoms with van der Waals surface area (Å²) in [5.74, 6) is -0.0559. The quantitative estimate of drug-likeness (QED) is 0.500. The molecule has 0 N–H and O–H groups in total. The van der Waals surface area contributed by atoms with Gasteiger partial charge in [0.05, 0.1) is 5.71 Å². The Morgan fingerprint density at radius 2 is 1.91 bits per heavy atom. The lowest BCUT2D eigenvalue weighted by molar-refractivity contribution is 0.521. The fraction of sp³-hybridized carbons (Fsp3) is 0.625. The van der Waals surface area contributed by atoms with E-state index in [2.05, 4.69) is 23.8 Å². The summed E-state index contributed by atoms with van der Waals surface area (Å²) >= 11 is 3.68. The molecular formula is C8H14FNS. The number of halogens is 1. The van der Waals surface area contributed by atoms with Crippen LogP contribution in [0.4, 0.5) is 4.39 Å². The van der Waals surface area contributed by atoms with Crippen LogP contribution in [0.3, 0.4) is 0 Å². The second-order valence-electron chi connectivity index (χ2n) is 2.92. The van der Waals surface area contributed by atoms with Crippen LogP contribution in [0.25, 0.3) is 0 Å². The molecule has 0 spiro atoms. The van der Waals surface area contributed by atoms with Gasteiger partial charge in [0.15, 0.2) is 0 Å². The molecule has 0 heterocycles. The third-order valence-electron chi connectivity index (χ3n) is 1.82. The first-order valence-corrected chi connectivity index (χ1v) is 3.97. The van der Waals surface area contributed by atoms with Gasteiger partial charge in [-0.25, -0.2) is 8.79 Å². The van der Waals surface area contributed by atoms with Gasteiger partial charge in [0.25, 0.3) is 0 Å². The van der Waals surface area contributed by atoms with E-state index in [1.165, 1.54) is 0 Å². The summed E-state index contributed by atoms with van der Waals surface area (Å²) in [5.41, 5.74) is 0.350. The Hall–Kier alpha value is -0.310. The lowest BCUT2D eigenvalue weighted by Gasteiger charge is -2.15. The van der Waals surface area contributed by atoms with Crippen LogP contribution in [-0.4, -0.2) is 5.71 Å². The van der Waals surface area contributed by atoms with Gasteiger partial charge in [0.1, 0.15) is 5.83 Å². The number of hydrogen-bond acceptors (Lipinski definition) is 2. The summed E-state index contributed by atoms with van der Waals surface area (Å²) in [6, 6.07) is 0. The zero-order chi connectivity index (χ0) is 9.02. The molecule has 0 aliphatic rings. The van der Waals surface area contributed by atoms with Crippen molar-refractivity contribution in [1.82, 2.24) is 0 Å². The molecule has 3 heteroatoms. The molecule has 1 nitrogen and oxygen atoms in total. The fourth-order valence-corrected chi connectivity index (χ4v) is 0.999. The highest BCUT2D eigenvalue weighted by atomic mass is 32.1. The highest BCUT2D eigenvalue weighted by Gasteiger charge is 2.16. The third-order valence-corrected chi connectivity index (χ3v) is 2.03.